The van der Waals surface area contributed by atoms with Crippen LogP contribution in [0.3, 0.4) is 0 Å². The average Bonchev–Trinajstić information content (AvgIpc) is 3.02. The van der Waals surface area contributed by atoms with E-state index in [0.717, 1.165) is 34.3 Å². The van der Waals surface area contributed by atoms with Gasteiger partial charge < -0.3 is 9.84 Å². The van der Waals surface area contributed by atoms with E-state index in [1.165, 1.54) is 0 Å². The van der Waals surface area contributed by atoms with Crippen molar-refractivity contribution in [3.63, 3.8) is 0 Å². The van der Waals surface area contributed by atoms with Gasteiger partial charge in [-0.2, -0.15) is 0 Å². The number of aliphatic hydroxyl groups is 1. The van der Waals surface area contributed by atoms with Gasteiger partial charge in [0.25, 0.3) is 0 Å². The van der Waals surface area contributed by atoms with Crippen molar-refractivity contribution >= 4 is 11.0 Å². The molecule has 4 heteroatoms. The van der Waals surface area contributed by atoms with Crippen molar-refractivity contribution in [2.75, 3.05) is 6.61 Å². The molecule has 21 heavy (non-hydrogen) atoms. The fraction of sp³-hybridized carbons (Fsp3) is 0.176. The van der Waals surface area contributed by atoms with E-state index in [2.05, 4.69) is 9.97 Å². The van der Waals surface area contributed by atoms with Gasteiger partial charge in [0.1, 0.15) is 11.9 Å². The molecule has 2 aromatic carbocycles. The Morgan fingerprint density at radius 3 is 2.81 bits per heavy atom. The molecule has 1 aliphatic heterocycles. The van der Waals surface area contributed by atoms with Crippen LogP contribution in [0.2, 0.25) is 0 Å². The number of nitrogens with zero attached hydrogens (tertiary/aromatic N) is 2. The molecule has 1 unspecified atom stereocenters. The summed E-state index contributed by atoms with van der Waals surface area (Å²) in [5, 5.41) is 10.6. The van der Waals surface area contributed by atoms with E-state index in [1.54, 1.807) is 6.20 Å². The highest BCUT2D eigenvalue weighted by molar-refractivity contribution is 5.73. The van der Waals surface area contributed by atoms with Crippen LogP contribution in [0.5, 0.6) is 5.75 Å². The van der Waals surface area contributed by atoms with Crippen molar-refractivity contribution in [1.82, 2.24) is 9.97 Å². The summed E-state index contributed by atoms with van der Waals surface area (Å²) in [7, 11) is 0. The van der Waals surface area contributed by atoms with Crippen LogP contribution >= 0.6 is 0 Å². The van der Waals surface area contributed by atoms with E-state index in [4.69, 9.17) is 4.74 Å². The summed E-state index contributed by atoms with van der Waals surface area (Å²) in [5.41, 5.74) is 4.04. The van der Waals surface area contributed by atoms with Crippen LogP contribution in [0, 0.1) is 0 Å². The van der Waals surface area contributed by atoms with Gasteiger partial charge in [-0.3, -0.25) is 4.98 Å². The summed E-state index contributed by atoms with van der Waals surface area (Å²) < 4.78 is 5.65. The minimum atomic E-state index is -0.824. The molecule has 0 amide bonds. The monoisotopic (exact) mass is 278 g/mol. The zero-order valence-electron chi connectivity index (χ0n) is 11.4. The van der Waals surface area contributed by atoms with Crippen LogP contribution in [0.15, 0.2) is 48.7 Å². The molecule has 4 nitrogen and oxygen atoms in total. The van der Waals surface area contributed by atoms with Gasteiger partial charge in [0.15, 0.2) is 0 Å². The Balaban J connectivity index is 1.80. The molecule has 1 aromatic heterocycles. The molecule has 0 bridgehead atoms. The molecular weight excluding hydrogens is 264 g/mol. The number of fused-ring (bicyclic) bond motifs is 2. The first-order valence-electron chi connectivity index (χ1n) is 6.97. The molecule has 3 aromatic rings. The summed E-state index contributed by atoms with van der Waals surface area (Å²) in [5.74, 6) is 0.792. The van der Waals surface area contributed by atoms with Gasteiger partial charge >= 0.3 is 0 Å². The Hall–Kier alpha value is -2.46. The summed E-state index contributed by atoms with van der Waals surface area (Å²) >= 11 is 0. The van der Waals surface area contributed by atoms with Crippen LogP contribution in [-0.2, 0) is 6.42 Å². The quantitative estimate of drug-likeness (QED) is 0.783. The Morgan fingerprint density at radius 2 is 1.90 bits per heavy atom. The summed E-state index contributed by atoms with van der Waals surface area (Å²) in [4.78, 5) is 8.87. The lowest BCUT2D eigenvalue weighted by Gasteiger charge is -2.14. The zero-order chi connectivity index (χ0) is 14.2. The average molecular weight is 278 g/mol. The van der Waals surface area contributed by atoms with Gasteiger partial charge in [-0.05, 0) is 17.7 Å². The minimum Gasteiger partial charge on any atom is -0.493 e. The number of rotatable bonds is 2. The molecule has 1 atom stereocenters. The van der Waals surface area contributed by atoms with Crippen molar-refractivity contribution in [2.45, 2.75) is 12.5 Å². The standard InChI is InChI=1S/C17H14N2O2/c20-16(12-5-3-4-11-8-9-21-17(11)12)15-10-18-13-6-1-2-7-14(13)19-15/h1-7,10,16,20H,8-9H2. The molecule has 0 aliphatic carbocycles. The molecule has 4 rings (SSSR count). The topological polar surface area (TPSA) is 55.2 Å². The molecule has 0 spiro atoms. The minimum absolute atomic E-state index is 0.539. The molecule has 0 saturated heterocycles. The molecule has 0 saturated carbocycles. The van der Waals surface area contributed by atoms with Gasteiger partial charge in [-0.25, -0.2) is 4.98 Å². The largest absolute Gasteiger partial charge is 0.493 e. The smallest absolute Gasteiger partial charge is 0.128 e. The molecule has 0 radical (unpaired) electrons. The number of para-hydroxylation sites is 3. The number of ether oxygens (including phenoxy) is 1. The third-order valence-corrected chi connectivity index (χ3v) is 3.79. The SMILES string of the molecule is OC(c1cnc2ccccc2n1)c1cccc2c1OCC2. The van der Waals surface area contributed by atoms with Gasteiger partial charge in [0, 0.05) is 12.0 Å². The molecule has 2 heterocycles. The lowest BCUT2D eigenvalue weighted by atomic mass is 10.0. The van der Waals surface area contributed by atoms with E-state index in [0.29, 0.717) is 12.3 Å². The van der Waals surface area contributed by atoms with Crippen LogP contribution < -0.4 is 4.74 Å². The third kappa shape index (κ3) is 2.04. The highest BCUT2D eigenvalue weighted by Crippen LogP contribution is 2.35. The van der Waals surface area contributed by atoms with Gasteiger partial charge in [-0.1, -0.05) is 30.3 Å². The first-order chi connectivity index (χ1) is 10.3. The fourth-order valence-corrected chi connectivity index (χ4v) is 2.72. The first kappa shape index (κ1) is 12.3. The maximum Gasteiger partial charge on any atom is 0.128 e. The number of hydrogen-bond acceptors (Lipinski definition) is 4. The van der Waals surface area contributed by atoms with E-state index < -0.39 is 6.10 Å². The Labute approximate surface area is 122 Å². The van der Waals surface area contributed by atoms with Gasteiger partial charge in [0.05, 0.1) is 29.5 Å². The lowest BCUT2D eigenvalue weighted by Crippen LogP contribution is -2.05. The third-order valence-electron chi connectivity index (χ3n) is 3.79. The normalized spacial score (nSPS) is 14.7. The van der Waals surface area contributed by atoms with Crippen LogP contribution in [0.4, 0.5) is 0 Å². The highest BCUT2D eigenvalue weighted by Gasteiger charge is 2.22. The summed E-state index contributed by atoms with van der Waals surface area (Å²) in [6.45, 7) is 0.669. The Bertz CT molecular complexity index is 817. The molecule has 1 N–H and O–H groups in total. The summed E-state index contributed by atoms with van der Waals surface area (Å²) in [6, 6.07) is 13.5. The predicted octanol–water partition coefficient (Wildman–Crippen LogP) is 2.65. The number of hydrogen-bond donors (Lipinski definition) is 1. The van der Waals surface area contributed by atoms with Crippen molar-refractivity contribution < 1.29 is 9.84 Å². The van der Waals surface area contributed by atoms with Crippen LogP contribution in [0.25, 0.3) is 11.0 Å². The maximum atomic E-state index is 10.6. The fourth-order valence-electron chi connectivity index (χ4n) is 2.72. The van der Waals surface area contributed by atoms with Crippen LogP contribution in [0.1, 0.15) is 22.9 Å². The van der Waals surface area contributed by atoms with Gasteiger partial charge in [-0.15, -0.1) is 0 Å². The van der Waals surface area contributed by atoms with Crippen molar-refractivity contribution in [1.29, 1.82) is 0 Å². The van der Waals surface area contributed by atoms with E-state index in [-0.39, 0.29) is 0 Å². The Morgan fingerprint density at radius 1 is 1.05 bits per heavy atom. The molecule has 104 valence electrons. The first-order valence-corrected chi connectivity index (χ1v) is 6.97. The second-order valence-electron chi connectivity index (χ2n) is 5.12. The zero-order valence-corrected chi connectivity index (χ0v) is 11.4. The maximum absolute atomic E-state index is 10.6. The molecule has 1 aliphatic rings. The number of aromatic nitrogens is 2. The predicted molar refractivity (Wildman–Crippen MR) is 79.2 cm³/mol. The van der Waals surface area contributed by atoms with E-state index >= 15 is 0 Å². The highest BCUT2D eigenvalue weighted by atomic mass is 16.5. The second-order valence-corrected chi connectivity index (χ2v) is 5.12. The van der Waals surface area contributed by atoms with Crippen LogP contribution in [-0.4, -0.2) is 21.7 Å². The number of aliphatic hydroxyl groups excluding tert-OH is 1. The van der Waals surface area contributed by atoms with Crippen molar-refractivity contribution in [2.24, 2.45) is 0 Å². The molecular formula is C17H14N2O2. The van der Waals surface area contributed by atoms with Gasteiger partial charge in [0.2, 0.25) is 0 Å². The molecule has 0 fully saturated rings. The second kappa shape index (κ2) is 4.82. The van der Waals surface area contributed by atoms with E-state index in [1.807, 2.05) is 42.5 Å². The number of benzene rings is 2. The Kier molecular flexibility index (Phi) is 2.82. The lowest BCUT2D eigenvalue weighted by molar-refractivity contribution is 0.209. The van der Waals surface area contributed by atoms with E-state index in [9.17, 15) is 5.11 Å². The summed E-state index contributed by atoms with van der Waals surface area (Å²) in [6.07, 6.45) is 1.69. The van der Waals surface area contributed by atoms with Crippen molar-refractivity contribution in [3.8, 4) is 5.75 Å². The van der Waals surface area contributed by atoms with Crippen molar-refractivity contribution in [3.05, 3.63) is 65.5 Å².